The fraction of sp³-hybridized carbons (Fsp3) is 0.333. The molecule has 0 aliphatic carbocycles. The highest BCUT2D eigenvalue weighted by Gasteiger charge is 2.37. The van der Waals surface area contributed by atoms with Gasteiger partial charge in [0.15, 0.2) is 11.5 Å². The van der Waals surface area contributed by atoms with Gasteiger partial charge >= 0.3 is 6.09 Å². The van der Waals surface area contributed by atoms with Crippen molar-refractivity contribution in [1.29, 1.82) is 0 Å². The van der Waals surface area contributed by atoms with Crippen LogP contribution in [0.4, 0.5) is 19.3 Å². The topological polar surface area (TPSA) is 131 Å². The summed E-state index contributed by atoms with van der Waals surface area (Å²) in [5.41, 5.74) is 1.89. The zero-order valence-corrected chi connectivity index (χ0v) is 23.9. The highest BCUT2D eigenvalue weighted by molar-refractivity contribution is 5.87. The maximum Gasteiger partial charge on any atom is 0.410 e. The number of nitrogens with one attached hydrogen (secondary N) is 1. The van der Waals surface area contributed by atoms with Crippen molar-refractivity contribution in [3.63, 3.8) is 0 Å². The summed E-state index contributed by atoms with van der Waals surface area (Å²) >= 11 is 0. The van der Waals surface area contributed by atoms with E-state index in [1.807, 2.05) is 26.8 Å². The summed E-state index contributed by atoms with van der Waals surface area (Å²) in [4.78, 5) is 23.1. The van der Waals surface area contributed by atoms with Crippen molar-refractivity contribution < 1.29 is 23.4 Å². The molecule has 4 aromatic heterocycles. The van der Waals surface area contributed by atoms with Crippen molar-refractivity contribution in [1.82, 2.24) is 34.7 Å². The number of hydrogen-bond acceptors (Lipinski definition) is 9. The number of amides is 1. The molecule has 5 heterocycles. The molecule has 0 bridgehead atoms. The quantitative estimate of drug-likeness (QED) is 0.296. The molecule has 0 radical (unpaired) electrons. The smallest absolute Gasteiger partial charge is 0.410 e. The number of likely N-dealkylation sites (tertiary alicyclic amines) is 1. The lowest BCUT2D eigenvalue weighted by atomic mass is 9.85. The lowest BCUT2D eigenvalue weighted by Crippen LogP contribution is -2.46. The van der Waals surface area contributed by atoms with Gasteiger partial charge in [-0.2, -0.15) is 9.61 Å². The number of benzene rings is 1. The first-order valence-corrected chi connectivity index (χ1v) is 13.8. The van der Waals surface area contributed by atoms with E-state index in [4.69, 9.17) is 4.74 Å². The summed E-state index contributed by atoms with van der Waals surface area (Å²) in [6.45, 7) is 6.40. The average Bonchev–Trinajstić information content (AvgIpc) is 3.37. The lowest BCUT2D eigenvalue weighted by Gasteiger charge is -2.38. The number of anilines is 1. The number of aromatic nitrogens is 6. The van der Waals surface area contributed by atoms with Crippen LogP contribution in [0, 0.1) is 11.6 Å². The van der Waals surface area contributed by atoms with Crippen LogP contribution in [0.2, 0.25) is 0 Å². The molecule has 0 spiro atoms. The number of piperidine rings is 1. The molecule has 0 unspecified atom stereocenters. The number of fused-ring (bicyclic) bond motifs is 2. The normalized spacial score (nSPS) is 15.2. The second-order valence-electron chi connectivity index (χ2n) is 11.6. The van der Waals surface area contributed by atoms with Gasteiger partial charge in [0.25, 0.3) is 0 Å². The van der Waals surface area contributed by atoms with Gasteiger partial charge in [-0.1, -0.05) is 0 Å². The van der Waals surface area contributed by atoms with Crippen LogP contribution >= 0.6 is 0 Å². The summed E-state index contributed by atoms with van der Waals surface area (Å²) in [6, 6.07) is 10.1. The van der Waals surface area contributed by atoms with E-state index in [0.29, 0.717) is 70.9 Å². The third kappa shape index (κ3) is 5.93. The Morgan fingerprint density at radius 1 is 1.05 bits per heavy atom. The van der Waals surface area contributed by atoms with Crippen LogP contribution < -0.4 is 5.32 Å². The zero-order chi connectivity index (χ0) is 30.4. The third-order valence-corrected chi connectivity index (χ3v) is 7.28. The molecule has 5 aromatic rings. The van der Waals surface area contributed by atoms with Crippen molar-refractivity contribution >= 4 is 28.5 Å². The maximum atomic E-state index is 13.8. The molecule has 1 aliphatic heterocycles. The minimum Gasteiger partial charge on any atom is -0.444 e. The van der Waals surface area contributed by atoms with E-state index in [1.54, 1.807) is 35.5 Å². The Morgan fingerprint density at radius 3 is 2.51 bits per heavy atom. The van der Waals surface area contributed by atoms with Gasteiger partial charge in [0.05, 0.1) is 29.0 Å². The second-order valence-corrected chi connectivity index (χ2v) is 11.6. The van der Waals surface area contributed by atoms with Crippen molar-refractivity contribution in [3.05, 3.63) is 77.9 Å². The maximum absolute atomic E-state index is 13.8. The first-order chi connectivity index (χ1) is 20.5. The van der Waals surface area contributed by atoms with Crippen LogP contribution in [0.15, 0.2) is 54.9 Å². The van der Waals surface area contributed by atoms with Gasteiger partial charge in [0, 0.05) is 42.7 Å². The molecule has 13 heteroatoms. The summed E-state index contributed by atoms with van der Waals surface area (Å²) in [5, 5.41) is 27.6. The van der Waals surface area contributed by atoms with E-state index in [-0.39, 0.29) is 6.54 Å². The number of ether oxygens (including phenoxy) is 1. The number of halogens is 2. The molecule has 0 atom stereocenters. The molecular formula is C30H30F2N8O3. The van der Waals surface area contributed by atoms with Gasteiger partial charge in [-0.15, -0.1) is 10.2 Å². The molecule has 6 rings (SSSR count). The standard InChI is InChI=1S/C30H30F2N8O3/c1-29(2,3)43-28(41)39-10-7-30(42,8-11-39)19-14-24-27(35-16-19)23(6-9-33-24)34-17-26-37-36-25-5-4-22(38-40(25)26)18-12-20(31)15-21(32)13-18/h4-6,9,12-16,42H,7-8,10-11,17H2,1-3H3,(H,33,34). The fourth-order valence-corrected chi connectivity index (χ4v) is 5.08. The Balaban J connectivity index is 1.19. The predicted molar refractivity (Wildman–Crippen MR) is 154 cm³/mol. The van der Waals surface area contributed by atoms with E-state index in [1.165, 1.54) is 16.6 Å². The SMILES string of the molecule is CC(C)(C)OC(=O)N1CCC(O)(c2cnc3c(NCc4nnc5ccc(-c6cc(F)cc(F)c6)nn45)ccnc3c2)CC1. The van der Waals surface area contributed by atoms with E-state index in [9.17, 15) is 18.7 Å². The molecule has 1 amide bonds. The van der Waals surface area contributed by atoms with Gasteiger partial charge < -0.3 is 20.1 Å². The van der Waals surface area contributed by atoms with Gasteiger partial charge in [-0.05, 0) is 70.0 Å². The molecule has 0 saturated carbocycles. The van der Waals surface area contributed by atoms with Crippen LogP contribution in [-0.4, -0.2) is 64.6 Å². The van der Waals surface area contributed by atoms with Crippen LogP contribution in [0.3, 0.4) is 0 Å². The molecule has 11 nitrogen and oxygen atoms in total. The van der Waals surface area contributed by atoms with Crippen LogP contribution in [0.25, 0.3) is 27.9 Å². The lowest BCUT2D eigenvalue weighted by molar-refractivity contribution is -0.0357. The van der Waals surface area contributed by atoms with Crippen LogP contribution in [0.5, 0.6) is 0 Å². The van der Waals surface area contributed by atoms with Crippen molar-refractivity contribution in [2.45, 2.75) is 51.4 Å². The van der Waals surface area contributed by atoms with Crippen molar-refractivity contribution in [2.75, 3.05) is 18.4 Å². The molecule has 1 aromatic carbocycles. The van der Waals surface area contributed by atoms with E-state index >= 15 is 0 Å². The van der Waals surface area contributed by atoms with Crippen LogP contribution in [-0.2, 0) is 16.9 Å². The number of carbonyl (C=O) groups excluding carboxylic acids is 1. The Bertz CT molecular complexity index is 1810. The third-order valence-electron chi connectivity index (χ3n) is 7.28. The molecule has 1 fully saturated rings. The number of rotatable bonds is 5. The van der Waals surface area contributed by atoms with Gasteiger partial charge in [-0.3, -0.25) is 9.97 Å². The molecule has 43 heavy (non-hydrogen) atoms. The van der Waals surface area contributed by atoms with E-state index in [2.05, 4.69) is 30.6 Å². The van der Waals surface area contributed by atoms with E-state index < -0.39 is 28.9 Å². The number of nitrogens with zero attached hydrogens (tertiary/aromatic N) is 7. The summed E-state index contributed by atoms with van der Waals surface area (Å²) < 4.78 is 34.5. The monoisotopic (exact) mass is 588 g/mol. The average molecular weight is 589 g/mol. The number of pyridine rings is 2. The number of hydrogen-bond donors (Lipinski definition) is 2. The second kappa shape index (κ2) is 10.8. The molecule has 222 valence electrons. The first kappa shape index (κ1) is 28.3. The Kier molecular flexibility index (Phi) is 7.12. The minimum atomic E-state index is -1.15. The summed E-state index contributed by atoms with van der Waals surface area (Å²) in [5.74, 6) is -0.913. The van der Waals surface area contributed by atoms with E-state index in [0.717, 1.165) is 6.07 Å². The Labute approximate surface area is 245 Å². The Morgan fingerprint density at radius 2 is 1.79 bits per heavy atom. The highest BCUT2D eigenvalue weighted by atomic mass is 19.1. The zero-order valence-electron chi connectivity index (χ0n) is 23.9. The van der Waals surface area contributed by atoms with Crippen LogP contribution in [0.1, 0.15) is 45.0 Å². The Hall–Kier alpha value is -4.78. The highest BCUT2D eigenvalue weighted by Crippen LogP contribution is 2.35. The largest absolute Gasteiger partial charge is 0.444 e. The number of aliphatic hydroxyl groups is 1. The molecule has 1 saturated heterocycles. The first-order valence-electron chi connectivity index (χ1n) is 13.8. The molecular weight excluding hydrogens is 558 g/mol. The van der Waals surface area contributed by atoms with Gasteiger partial charge in [0.2, 0.25) is 0 Å². The predicted octanol–water partition coefficient (Wildman–Crippen LogP) is 4.84. The molecule has 1 aliphatic rings. The summed E-state index contributed by atoms with van der Waals surface area (Å²) in [7, 11) is 0. The van der Waals surface area contributed by atoms with Gasteiger partial charge in [-0.25, -0.2) is 13.6 Å². The number of carbonyl (C=O) groups is 1. The van der Waals surface area contributed by atoms with Crippen molar-refractivity contribution in [2.24, 2.45) is 0 Å². The van der Waals surface area contributed by atoms with Gasteiger partial charge in [0.1, 0.15) is 22.8 Å². The molecule has 2 N–H and O–H groups in total. The minimum absolute atomic E-state index is 0.224. The fourth-order valence-electron chi connectivity index (χ4n) is 5.08. The summed E-state index contributed by atoms with van der Waals surface area (Å²) in [6.07, 6.45) is 3.57. The van der Waals surface area contributed by atoms with Crippen molar-refractivity contribution in [3.8, 4) is 11.3 Å².